The van der Waals surface area contributed by atoms with Crippen LogP contribution in [0, 0.1) is 0 Å². The summed E-state index contributed by atoms with van der Waals surface area (Å²) in [7, 11) is 1.33. The van der Waals surface area contributed by atoms with E-state index >= 15 is 0 Å². The van der Waals surface area contributed by atoms with Crippen molar-refractivity contribution in [3.63, 3.8) is 0 Å². The molecule has 2 heterocycles. The lowest BCUT2D eigenvalue weighted by Crippen LogP contribution is -2.33. The molecule has 0 N–H and O–H groups in total. The molecule has 196 valence electrons. The smallest absolute Gasteiger partial charge is 0.416 e. The number of rotatable bonds is 10. The zero-order valence-electron chi connectivity index (χ0n) is 21.1. The van der Waals surface area contributed by atoms with Crippen LogP contribution in [-0.2, 0) is 35.0 Å². The number of aryl methyl sites for hydroxylation is 3. The number of likely N-dealkylation sites (tertiary alicyclic amines) is 1. The highest BCUT2D eigenvalue weighted by Crippen LogP contribution is 2.38. The van der Waals surface area contributed by atoms with Crippen LogP contribution in [0.25, 0.3) is 0 Å². The summed E-state index contributed by atoms with van der Waals surface area (Å²) in [4.78, 5) is 19.4. The molecule has 8 heteroatoms. The number of ether oxygens (including phenoxy) is 2. The van der Waals surface area contributed by atoms with Crippen LogP contribution in [0.15, 0.2) is 30.3 Å². The minimum Gasteiger partial charge on any atom is -0.496 e. The third-order valence-electron chi connectivity index (χ3n) is 7.20. The Kier molecular flexibility index (Phi) is 8.67. The molecular formula is C28H35F3N2O3. The molecule has 2 aromatic rings. The van der Waals surface area contributed by atoms with Crippen molar-refractivity contribution < 1.29 is 27.4 Å². The number of Topliss-reactive ketones (excluding diaryl/α,β-unsaturated/α-hetero) is 1. The molecular weight excluding hydrogens is 469 g/mol. The third-order valence-corrected chi connectivity index (χ3v) is 7.20. The topological polar surface area (TPSA) is 51.7 Å². The quantitative estimate of drug-likeness (QED) is 0.387. The van der Waals surface area contributed by atoms with Crippen LogP contribution >= 0.6 is 0 Å². The fraction of sp³-hybridized carbons (Fsp3) is 0.571. The van der Waals surface area contributed by atoms with Gasteiger partial charge < -0.3 is 9.47 Å². The van der Waals surface area contributed by atoms with Crippen LogP contribution in [0.1, 0.15) is 73.1 Å². The maximum atomic E-state index is 13.1. The van der Waals surface area contributed by atoms with Gasteiger partial charge in [-0.1, -0.05) is 12.1 Å². The zero-order valence-corrected chi connectivity index (χ0v) is 21.1. The van der Waals surface area contributed by atoms with E-state index in [9.17, 15) is 18.0 Å². The van der Waals surface area contributed by atoms with Crippen molar-refractivity contribution in [2.45, 2.75) is 76.6 Å². The minimum atomic E-state index is -4.47. The summed E-state index contributed by atoms with van der Waals surface area (Å²) in [6, 6.07) is 7.05. The number of carbonyl (C=O) groups is 1. The largest absolute Gasteiger partial charge is 0.496 e. The molecule has 5 nitrogen and oxygen atoms in total. The molecule has 4 rings (SSSR count). The number of nitrogens with zero attached hydrogens (tertiary/aromatic N) is 2. The van der Waals surface area contributed by atoms with Gasteiger partial charge in [0.25, 0.3) is 0 Å². The molecule has 1 aliphatic carbocycles. The summed E-state index contributed by atoms with van der Waals surface area (Å²) in [5, 5.41) is 0. The molecule has 1 aliphatic heterocycles. The molecule has 0 radical (unpaired) electrons. The Bertz CT molecular complexity index is 1060. The zero-order chi connectivity index (χ0) is 25.7. The van der Waals surface area contributed by atoms with Crippen molar-refractivity contribution in [1.29, 1.82) is 0 Å². The third kappa shape index (κ3) is 6.45. The van der Waals surface area contributed by atoms with E-state index in [-0.39, 0.29) is 17.6 Å². The molecule has 1 aromatic heterocycles. The molecule has 1 fully saturated rings. The average Bonchev–Trinajstić information content (AvgIpc) is 3.31. The molecule has 1 aromatic carbocycles. The number of pyridine rings is 1. The lowest BCUT2D eigenvalue weighted by atomic mass is 9.95. The van der Waals surface area contributed by atoms with Gasteiger partial charge in [-0.2, -0.15) is 13.2 Å². The van der Waals surface area contributed by atoms with E-state index in [0.29, 0.717) is 25.3 Å². The predicted octanol–water partition coefficient (Wildman–Crippen LogP) is 5.73. The highest BCUT2D eigenvalue weighted by molar-refractivity contribution is 5.84. The number of ketones is 1. The highest BCUT2D eigenvalue weighted by atomic mass is 19.4. The summed E-state index contributed by atoms with van der Waals surface area (Å²) in [6.07, 6.45) is 3.89. The summed E-state index contributed by atoms with van der Waals surface area (Å²) in [5.41, 5.74) is 3.48. The Morgan fingerprint density at radius 2 is 1.97 bits per heavy atom. The number of unbranched alkanes of at least 4 members (excludes halogenated alkanes) is 1. The fourth-order valence-corrected chi connectivity index (χ4v) is 5.34. The molecule has 2 atom stereocenters. The van der Waals surface area contributed by atoms with Crippen molar-refractivity contribution in [3.8, 4) is 5.75 Å². The first-order chi connectivity index (χ1) is 17.3. The summed E-state index contributed by atoms with van der Waals surface area (Å²) in [5.74, 6) is -0.0589. The van der Waals surface area contributed by atoms with Gasteiger partial charge in [0.05, 0.1) is 24.8 Å². The van der Waals surface area contributed by atoms with Crippen LogP contribution in [0.4, 0.5) is 13.2 Å². The van der Waals surface area contributed by atoms with E-state index in [1.807, 2.05) is 4.90 Å². The normalized spacial score (nSPS) is 19.2. The standard InChI is InChI=1S/C28H35F3N2O3/c1-19(34)27(24-13-11-21(28(29,30)31)17-26(24)35-2)33-15-14-23(18-33)36-16-6-5-8-22-12-10-20-7-3-4-9-25(20)32-22/h10-13,17,23,27H,3-9,14-16,18H2,1-2H3/t23-,27+/m1/s1. The monoisotopic (exact) mass is 504 g/mol. The van der Waals surface area contributed by atoms with Crippen LogP contribution < -0.4 is 4.74 Å². The molecule has 1 saturated heterocycles. The van der Waals surface area contributed by atoms with Gasteiger partial charge in [-0.3, -0.25) is 14.7 Å². The predicted molar refractivity (Wildman–Crippen MR) is 131 cm³/mol. The fourth-order valence-electron chi connectivity index (χ4n) is 5.34. The van der Waals surface area contributed by atoms with Crippen molar-refractivity contribution in [3.05, 3.63) is 58.4 Å². The molecule has 0 unspecified atom stereocenters. The van der Waals surface area contributed by atoms with Gasteiger partial charge in [0, 0.05) is 36.6 Å². The second kappa shape index (κ2) is 11.7. The average molecular weight is 505 g/mol. The van der Waals surface area contributed by atoms with Crippen molar-refractivity contribution in [2.24, 2.45) is 0 Å². The lowest BCUT2D eigenvalue weighted by molar-refractivity contribution is -0.137. The highest BCUT2D eigenvalue weighted by Gasteiger charge is 2.36. The number of fused-ring (bicyclic) bond motifs is 1. The Balaban J connectivity index is 1.27. The van der Waals surface area contributed by atoms with Crippen LogP contribution in [0.2, 0.25) is 0 Å². The van der Waals surface area contributed by atoms with Crippen LogP contribution in [-0.4, -0.2) is 48.6 Å². The summed E-state index contributed by atoms with van der Waals surface area (Å²) in [6.45, 7) is 3.29. The van der Waals surface area contributed by atoms with Gasteiger partial charge in [-0.05, 0) is 82.1 Å². The number of hydrogen-bond donors (Lipinski definition) is 0. The van der Waals surface area contributed by atoms with E-state index in [2.05, 4.69) is 12.1 Å². The van der Waals surface area contributed by atoms with Gasteiger partial charge in [0.15, 0.2) is 5.78 Å². The SMILES string of the molecule is COc1cc(C(F)(F)F)ccc1[C@H](C(C)=O)N1CC[C@@H](OCCCCc2ccc3c(n2)CCCC3)C1. The minimum absolute atomic E-state index is 0.00540. The van der Waals surface area contributed by atoms with E-state index in [0.717, 1.165) is 56.4 Å². The van der Waals surface area contributed by atoms with E-state index in [4.69, 9.17) is 14.5 Å². The first-order valence-electron chi connectivity index (χ1n) is 12.8. The molecule has 0 spiro atoms. The first kappa shape index (κ1) is 26.6. The Labute approximate surface area is 211 Å². The Morgan fingerprint density at radius 3 is 2.72 bits per heavy atom. The Morgan fingerprint density at radius 1 is 1.17 bits per heavy atom. The van der Waals surface area contributed by atoms with Crippen molar-refractivity contribution >= 4 is 5.78 Å². The van der Waals surface area contributed by atoms with Gasteiger partial charge in [0.2, 0.25) is 0 Å². The maximum Gasteiger partial charge on any atom is 0.416 e. The molecule has 0 bridgehead atoms. The van der Waals surface area contributed by atoms with Crippen molar-refractivity contribution in [2.75, 3.05) is 26.8 Å². The number of methoxy groups -OCH3 is 1. The van der Waals surface area contributed by atoms with Crippen molar-refractivity contribution in [1.82, 2.24) is 9.88 Å². The van der Waals surface area contributed by atoms with Gasteiger partial charge >= 0.3 is 6.18 Å². The number of benzene rings is 1. The molecule has 0 amide bonds. The number of hydrogen-bond acceptors (Lipinski definition) is 5. The number of alkyl halides is 3. The second-order valence-electron chi connectivity index (χ2n) is 9.82. The Hall–Kier alpha value is -2.45. The number of carbonyl (C=O) groups excluding carboxylic acids is 1. The molecule has 36 heavy (non-hydrogen) atoms. The maximum absolute atomic E-state index is 13.1. The second-order valence-corrected chi connectivity index (χ2v) is 9.82. The van der Waals surface area contributed by atoms with Gasteiger partial charge in [-0.15, -0.1) is 0 Å². The van der Waals surface area contributed by atoms with Gasteiger partial charge in [0.1, 0.15) is 5.75 Å². The van der Waals surface area contributed by atoms with E-state index in [1.54, 1.807) is 0 Å². The van der Waals surface area contributed by atoms with Crippen LogP contribution in [0.5, 0.6) is 5.75 Å². The summed E-state index contributed by atoms with van der Waals surface area (Å²) >= 11 is 0. The number of aromatic nitrogens is 1. The first-order valence-corrected chi connectivity index (χ1v) is 12.8. The summed E-state index contributed by atoms with van der Waals surface area (Å²) < 4.78 is 50.7. The lowest BCUT2D eigenvalue weighted by Gasteiger charge is -2.27. The molecule has 0 saturated carbocycles. The van der Waals surface area contributed by atoms with Gasteiger partial charge in [-0.25, -0.2) is 0 Å². The van der Waals surface area contributed by atoms with E-state index in [1.165, 1.54) is 44.2 Å². The van der Waals surface area contributed by atoms with Crippen LogP contribution in [0.3, 0.4) is 0 Å². The number of halogens is 3. The molecule has 2 aliphatic rings. The van der Waals surface area contributed by atoms with E-state index < -0.39 is 17.8 Å².